The molecular weight excluding hydrogens is 334 g/mol. The van der Waals surface area contributed by atoms with E-state index in [-0.39, 0.29) is 16.7 Å². The van der Waals surface area contributed by atoms with E-state index in [1.807, 2.05) is 11.6 Å². The van der Waals surface area contributed by atoms with Gasteiger partial charge in [-0.1, -0.05) is 46.4 Å². The largest absolute Gasteiger partial charge is 0.385 e. The average Bonchev–Trinajstić information content (AvgIpc) is 3.24. The first-order valence-corrected chi connectivity index (χ1v) is 10.2. The van der Waals surface area contributed by atoms with E-state index >= 15 is 0 Å². The Morgan fingerprint density at radius 2 is 1.88 bits per heavy atom. The fourth-order valence-electron chi connectivity index (χ4n) is 3.07. The maximum Gasteiger partial charge on any atom is 0.191 e. The average molecular weight is 368 g/mol. The fraction of sp³-hybridized carbons (Fsp3) is 0.842. The molecule has 1 aliphatic rings. The normalized spacial score (nSPS) is 18.2. The van der Waals surface area contributed by atoms with E-state index in [0.29, 0.717) is 12.2 Å². The van der Waals surface area contributed by atoms with Crippen molar-refractivity contribution < 1.29 is 9.90 Å². The maximum absolute atomic E-state index is 11.5. The van der Waals surface area contributed by atoms with Crippen LogP contribution in [0.4, 0.5) is 0 Å². The van der Waals surface area contributed by atoms with Gasteiger partial charge in [0, 0.05) is 18.7 Å². The summed E-state index contributed by atoms with van der Waals surface area (Å²) in [6, 6.07) is 0. The van der Waals surface area contributed by atoms with E-state index in [9.17, 15) is 9.90 Å². The van der Waals surface area contributed by atoms with Crippen molar-refractivity contribution in [1.29, 1.82) is 0 Å². The van der Waals surface area contributed by atoms with E-state index < -0.39 is 6.10 Å². The molecule has 142 valence electrons. The molecule has 25 heavy (non-hydrogen) atoms. The predicted octanol–water partition coefficient (Wildman–Crippen LogP) is 4.02. The third-order valence-corrected chi connectivity index (χ3v) is 6.36. The summed E-state index contributed by atoms with van der Waals surface area (Å²) < 4.78 is 1.91. The van der Waals surface area contributed by atoms with Crippen LogP contribution in [0.25, 0.3) is 0 Å². The number of carbonyl (C=O) groups is 1. The Bertz CT molecular complexity index is 588. The van der Waals surface area contributed by atoms with Crippen molar-refractivity contribution in [2.24, 2.45) is 29.7 Å². The lowest BCUT2D eigenvalue weighted by atomic mass is 9.70. The number of aliphatic hydroxyl groups is 1. The third-order valence-electron chi connectivity index (χ3n) is 5.11. The lowest BCUT2D eigenvalue weighted by Crippen LogP contribution is -2.29. The number of aldehydes is 1. The number of rotatable bonds is 9. The van der Waals surface area contributed by atoms with Gasteiger partial charge in [0.25, 0.3) is 0 Å². The Labute approximate surface area is 156 Å². The number of nitrogens with zero attached hydrogens (tertiary/aromatic N) is 3. The van der Waals surface area contributed by atoms with Gasteiger partial charge < -0.3 is 14.5 Å². The predicted molar refractivity (Wildman–Crippen MR) is 101 cm³/mol. The first-order valence-electron chi connectivity index (χ1n) is 9.19. The summed E-state index contributed by atoms with van der Waals surface area (Å²) in [5, 5.41) is 20.0. The van der Waals surface area contributed by atoms with Gasteiger partial charge in [0.15, 0.2) is 11.0 Å². The van der Waals surface area contributed by atoms with E-state index in [1.54, 1.807) is 11.8 Å². The summed E-state index contributed by atoms with van der Waals surface area (Å²) in [6.45, 7) is 10.5. The number of hydrogen-bond donors (Lipinski definition) is 1. The van der Waals surface area contributed by atoms with Crippen LogP contribution in [0, 0.1) is 22.7 Å². The summed E-state index contributed by atoms with van der Waals surface area (Å²) >= 11 is 1.72. The third kappa shape index (κ3) is 5.81. The van der Waals surface area contributed by atoms with E-state index in [1.165, 1.54) is 12.8 Å². The van der Waals surface area contributed by atoms with Crippen LogP contribution >= 0.6 is 11.8 Å². The van der Waals surface area contributed by atoms with Crippen LogP contribution in [-0.4, -0.2) is 31.9 Å². The zero-order valence-electron chi connectivity index (χ0n) is 16.5. The molecule has 2 rings (SSSR count). The Morgan fingerprint density at radius 3 is 2.40 bits per heavy atom. The van der Waals surface area contributed by atoms with Crippen LogP contribution in [0.2, 0.25) is 0 Å². The summed E-state index contributed by atoms with van der Waals surface area (Å²) in [5.41, 5.74) is -0.229. The highest BCUT2D eigenvalue weighted by Gasteiger charge is 2.33. The molecule has 5 nitrogen and oxygen atoms in total. The van der Waals surface area contributed by atoms with Gasteiger partial charge in [0.1, 0.15) is 12.4 Å². The molecule has 0 aromatic carbocycles. The topological polar surface area (TPSA) is 68.0 Å². The quantitative estimate of drug-likeness (QED) is 0.527. The highest BCUT2D eigenvalue weighted by molar-refractivity contribution is 7.99. The summed E-state index contributed by atoms with van der Waals surface area (Å²) in [6.07, 6.45) is 4.34. The molecule has 2 atom stereocenters. The van der Waals surface area contributed by atoms with Gasteiger partial charge in [-0.3, -0.25) is 0 Å². The van der Waals surface area contributed by atoms with Crippen LogP contribution in [-0.2, 0) is 11.8 Å². The van der Waals surface area contributed by atoms with Gasteiger partial charge in [-0.25, -0.2) is 0 Å². The number of aliphatic hydroxyl groups excluding tert-OH is 1. The second kappa shape index (κ2) is 7.78. The minimum absolute atomic E-state index is 0.0288. The molecule has 0 amide bonds. The van der Waals surface area contributed by atoms with E-state index in [2.05, 4.69) is 44.8 Å². The molecule has 1 aromatic heterocycles. The number of thioether (sulfide) groups is 1. The molecule has 0 saturated heterocycles. The summed E-state index contributed by atoms with van der Waals surface area (Å²) in [7, 11) is 1.92. The molecular formula is C19H33N3O2S. The molecule has 1 N–H and O–H groups in total. The molecule has 6 heteroatoms. The van der Waals surface area contributed by atoms with E-state index in [0.717, 1.165) is 29.5 Å². The van der Waals surface area contributed by atoms with Gasteiger partial charge in [-0.15, -0.1) is 10.2 Å². The zero-order chi connectivity index (χ0) is 18.8. The first-order chi connectivity index (χ1) is 11.5. The van der Waals surface area contributed by atoms with Crippen LogP contribution in [0.3, 0.4) is 0 Å². The lowest BCUT2D eigenvalue weighted by Gasteiger charge is -2.35. The molecule has 0 bridgehead atoms. The second-order valence-corrected chi connectivity index (χ2v) is 10.3. The molecule has 1 fully saturated rings. The smallest absolute Gasteiger partial charge is 0.191 e. The molecule has 1 aromatic rings. The van der Waals surface area contributed by atoms with Gasteiger partial charge >= 0.3 is 0 Å². The van der Waals surface area contributed by atoms with E-state index in [4.69, 9.17) is 0 Å². The highest BCUT2D eigenvalue weighted by Crippen LogP contribution is 2.40. The Hall–Kier alpha value is -0.880. The van der Waals surface area contributed by atoms with Crippen molar-refractivity contribution in [2.75, 3.05) is 5.75 Å². The first kappa shape index (κ1) is 20.4. The van der Waals surface area contributed by atoms with Crippen molar-refractivity contribution in [1.82, 2.24) is 14.8 Å². The van der Waals surface area contributed by atoms with Gasteiger partial charge in [-0.2, -0.15) is 0 Å². The maximum atomic E-state index is 11.5. The second-order valence-electron chi connectivity index (χ2n) is 9.35. The van der Waals surface area contributed by atoms with Crippen LogP contribution < -0.4 is 0 Å². The number of carbonyl (C=O) groups excluding carboxylic acids is 1. The molecule has 0 aliphatic heterocycles. The minimum atomic E-state index is -0.671. The summed E-state index contributed by atoms with van der Waals surface area (Å²) in [4.78, 5) is 11.5. The molecule has 0 spiro atoms. The van der Waals surface area contributed by atoms with Gasteiger partial charge in [-0.05, 0) is 42.4 Å². The van der Waals surface area contributed by atoms with Crippen molar-refractivity contribution in [3.8, 4) is 0 Å². The van der Waals surface area contributed by atoms with Crippen LogP contribution in [0.5, 0.6) is 0 Å². The highest BCUT2D eigenvalue weighted by atomic mass is 32.2. The van der Waals surface area contributed by atoms with Crippen molar-refractivity contribution in [2.45, 2.75) is 71.6 Å². The molecule has 2 unspecified atom stereocenters. The van der Waals surface area contributed by atoms with Crippen molar-refractivity contribution in [3.63, 3.8) is 0 Å². The lowest BCUT2D eigenvalue weighted by molar-refractivity contribution is -0.115. The van der Waals surface area contributed by atoms with Gasteiger partial charge in [0.2, 0.25) is 0 Å². The molecule has 0 radical (unpaired) electrons. The number of hydrogen-bond acceptors (Lipinski definition) is 5. The zero-order valence-corrected chi connectivity index (χ0v) is 17.3. The fourth-order valence-corrected chi connectivity index (χ4v) is 4.17. The Kier molecular flexibility index (Phi) is 6.36. The Morgan fingerprint density at radius 1 is 1.24 bits per heavy atom. The Balaban J connectivity index is 1.99. The summed E-state index contributed by atoms with van der Waals surface area (Å²) in [5.74, 6) is 2.50. The SMILES string of the molecule is Cn1c(SCC2CC2)nnc1C(O)CC(C)(C)CC(C=O)C(C)(C)C. The molecule has 1 heterocycles. The van der Waals surface area contributed by atoms with Crippen LogP contribution in [0.1, 0.15) is 72.2 Å². The molecule has 1 saturated carbocycles. The monoisotopic (exact) mass is 367 g/mol. The van der Waals surface area contributed by atoms with Gasteiger partial charge in [0.05, 0.1) is 0 Å². The standard InChI is InChI=1S/C19H33N3O2S/c1-18(2,3)14(11-23)9-19(4,5)10-15(24)16-20-21-17(22(16)6)25-12-13-7-8-13/h11,13-15,24H,7-10,12H2,1-6H3. The van der Waals surface area contributed by atoms with Crippen molar-refractivity contribution in [3.05, 3.63) is 5.82 Å². The van der Waals surface area contributed by atoms with Crippen molar-refractivity contribution >= 4 is 18.0 Å². The van der Waals surface area contributed by atoms with Crippen LogP contribution in [0.15, 0.2) is 5.16 Å². The number of aromatic nitrogens is 3. The minimum Gasteiger partial charge on any atom is -0.385 e. The molecule has 1 aliphatic carbocycles.